The van der Waals surface area contributed by atoms with Crippen LogP contribution in [0.5, 0.6) is 17.2 Å². The number of hydrogen-bond acceptors (Lipinski definition) is 6. The van der Waals surface area contributed by atoms with Gasteiger partial charge in [-0.3, -0.25) is 4.79 Å². The second-order valence-corrected chi connectivity index (χ2v) is 8.04. The molecule has 0 aliphatic carbocycles. The van der Waals surface area contributed by atoms with Gasteiger partial charge in [0.05, 0.1) is 45.7 Å². The van der Waals surface area contributed by atoms with Crippen LogP contribution in [0.25, 0.3) is 0 Å². The Hall–Kier alpha value is -2.77. The predicted octanol–water partition coefficient (Wildman–Crippen LogP) is 2.29. The molecule has 0 radical (unpaired) electrons. The molecule has 0 saturated carbocycles. The molecule has 1 saturated heterocycles. The molecule has 4 heterocycles. The molecular weight excluding hydrogens is 386 g/mol. The summed E-state index contributed by atoms with van der Waals surface area (Å²) < 4.78 is 29.2. The van der Waals surface area contributed by atoms with Gasteiger partial charge in [-0.2, -0.15) is 0 Å². The van der Waals surface area contributed by atoms with Crippen LogP contribution in [0.2, 0.25) is 0 Å². The van der Waals surface area contributed by atoms with Gasteiger partial charge in [0.2, 0.25) is 5.91 Å². The minimum absolute atomic E-state index is 0.00566. The summed E-state index contributed by atoms with van der Waals surface area (Å²) in [6.45, 7) is 3.56. The zero-order chi connectivity index (χ0) is 20.1. The summed E-state index contributed by atoms with van der Waals surface area (Å²) in [5, 5.41) is 0. The zero-order valence-electron chi connectivity index (χ0n) is 16.6. The van der Waals surface area contributed by atoms with E-state index in [0.717, 1.165) is 23.2 Å². The fraction of sp³-hybridized carbons (Fsp3) is 0.435. The molecule has 0 bridgehead atoms. The van der Waals surface area contributed by atoms with Crippen LogP contribution in [0.15, 0.2) is 36.4 Å². The fourth-order valence-electron chi connectivity index (χ4n) is 4.86. The van der Waals surface area contributed by atoms with E-state index < -0.39 is 5.41 Å². The normalized spacial score (nSPS) is 26.9. The van der Waals surface area contributed by atoms with Crippen LogP contribution >= 0.6 is 0 Å². The Labute approximate surface area is 174 Å². The monoisotopic (exact) mass is 409 g/mol. The van der Waals surface area contributed by atoms with Crippen LogP contribution in [0.3, 0.4) is 0 Å². The van der Waals surface area contributed by atoms with Crippen molar-refractivity contribution >= 4 is 11.6 Å². The van der Waals surface area contributed by atoms with Crippen LogP contribution in [0.1, 0.15) is 17.5 Å². The van der Waals surface area contributed by atoms with Crippen LogP contribution in [0, 0.1) is 0 Å². The molecule has 156 valence electrons. The SMILES string of the molecule is O=C1N(C[C@H]2COCCO2)c2ccccc2C12COc1cc3c(cc12)OCCCO3. The van der Waals surface area contributed by atoms with E-state index in [1.54, 1.807) is 0 Å². The van der Waals surface area contributed by atoms with E-state index in [0.29, 0.717) is 56.8 Å². The maximum atomic E-state index is 13.9. The van der Waals surface area contributed by atoms with Gasteiger partial charge in [0.15, 0.2) is 11.5 Å². The number of ether oxygens (including phenoxy) is 5. The molecule has 2 aromatic carbocycles. The summed E-state index contributed by atoms with van der Waals surface area (Å²) in [4.78, 5) is 15.8. The molecule has 1 unspecified atom stereocenters. The molecule has 1 fully saturated rings. The summed E-state index contributed by atoms with van der Waals surface area (Å²) in [7, 11) is 0. The van der Waals surface area contributed by atoms with Crippen LogP contribution in [-0.2, 0) is 19.7 Å². The third-order valence-corrected chi connectivity index (χ3v) is 6.29. The number of hydrogen-bond donors (Lipinski definition) is 0. The Morgan fingerprint density at radius 1 is 0.933 bits per heavy atom. The minimum Gasteiger partial charge on any atom is -0.491 e. The molecule has 4 aliphatic heterocycles. The van der Waals surface area contributed by atoms with Gasteiger partial charge in [0, 0.05) is 23.7 Å². The third-order valence-electron chi connectivity index (χ3n) is 6.29. The number of para-hydroxylation sites is 1. The van der Waals surface area contributed by atoms with Crippen molar-refractivity contribution in [3.63, 3.8) is 0 Å². The van der Waals surface area contributed by atoms with Crippen LogP contribution in [0.4, 0.5) is 5.69 Å². The van der Waals surface area contributed by atoms with Crippen molar-refractivity contribution in [2.24, 2.45) is 0 Å². The number of benzene rings is 2. The van der Waals surface area contributed by atoms with E-state index in [9.17, 15) is 4.79 Å². The van der Waals surface area contributed by atoms with Crippen molar-refractivity contribution in [2.75, 3.05) is 51.1 Å². The highest BCUT2D eigenvalue weighted by atomic mass is 16.6. The lowest BCUT2D eigenvalue weighted by atomic mass is 9.77. The Morgan fingerprint density at radius 3 is 2.60 bits per heavy atom. The van der Waals surface area contributed by atoms with Gasteiger partial charge in [-0.15, -0.1) is 0 Å². The Balaban J connectivity index is 1.44. The summed E-state index contributed by atoms with van der Waals surface area (Å²) in [5.41, 5.74) is 1.82. The largest absolute Gasteiger partial charge is 0.491 e. The van der Waals surface area contributed by atoms with Crippen molar-refractivity contribution in [3.05, 3.63) is 47.5 Å². The van der Waals surface area contributed by atoms with Gasteiger partial charge in [0.1, 0.15) is 17.8 Å². The molecule has 7 nitrogen and oxygen atoms in total. The number of carbonyl (C=O) groups is 1. The van der Waals surface area contributed by atoms with Gasteiger partial charge in [-0.1, -0.05) is 18.2 Å². The van der Waals surface area contributed by atoms with Crippen molar-refractivity contribution in [1.29, 1.82) is 0 Å². The van der Waals surface area contributed by atoms with E-state index >= 15 is 0 Å². The predicted molar refractivity (Wildman–Crippen MR) is 108 cm³/mol. The van der Waals surface area contributed by atoms with E-state index in [1.165, 1.54) is 0 Å². The number of nitrogens with zero attached hydrogens (tertiary/aromatic N) is 1. The molecule has 2 atom stereocenters. The quantitative estimate of drug-likeness (QED) is 0.758. The summed E-state index contributed by atoms with van der Waals surface area (Å²) in [6, 6.07) is 11.7. The number of fused-ring (bicyclic) bond motifs is 5. The minimum atomic E-state index is -0.883. The summed E-state index contributed by atoms with van der Waals surface area (Å²) >= 11 is 0. The van der Waals surface area contributed by atoms with E-state index in [-0.39, 0.29) is 18.6 Å². The fourth-order valence-corrected chi connectivity index (χ4v) is 4.86. The summed E-state index contributed by atoms with van der Waals surface area (Å²) in [5.74, 6) is 2.03. The Bertz CT molecular complexity index is 1000. The molecule has 0 N–H and O–H groups in total. The molecule has 1 amide bonds. The smallest absolute Gasteiger partial charge is 0.245 e. The standard InChI is InChI=1S/C23H23NO6/c25-22-23(14-30-19-11-21-20(10-17(19)23)28-6-3-7-29-21)16-4-1-2-5-18(16)24(22)12-15-13-26-8-9-27-15/h1-2,4-5,10-11,15H,3,6-9,12-14H2/t15-,23?/m0/s1. The number of amides is 1. The molecule has 6 rings (SSSR count). The van der Waals surface area contributed by atoms with E-state index in [2.05, 4.69) is 0 Å². The number of rotatable bonds is 2. The Kier molecular flexibility index (Phi) is 4.14. The lowest BCUT2D eigenvalue weighted by molar-refractivity contribution is -0.123. The maximum absolute atomic E-state index is 13.9. The zero-order valence-corrected chi connectivity index (χ0v) is 16.6. The maximum Gasteiger partial charge on any atom is 0.245 e. The highest BCUT2D eigenvalue weighted by Gasteiger charge is 2.57. The van der Waals surface area contributed by atoms with Gasteiger partial charge in [0.25, 0.3) is 0 Å². The molecule has 7 heteroatoms. The molecule has 2 aromatic rings. The van der Waals surface area contributed by atoms with Crippen molar-refractivity contribution in [1.82, 2.24) is 0 Å². The first-order valence-electron chi connectivity index (χ1n) is 10.4. The average Bonchev–Trinajstić information content (AvgIpc) is 3.14. The first-order valence-corrected chi connectivity index (χ1v) is 10.4. The van der Waals surface area contributed by atoms with Gasteiger partial charge < -0.3 is 28.6 Å². The van der Waals surface area contributed by atoms with Crippen molar-refractivity contribution in [2.45, 2.75) is 17.9 Å². The van der Waals surface area contributed by atoms with Crippen molar-refractivity contribution in [3.8, 4) is 17.2 Å². The molecular formula is C23H23NO6. The summed E-state index contributed by atoms with van der Waals surface area (Å²) in [6.07, 6.45) is 0.682. The number of anilines is 1. The lowest BCUT2D eigenvalue weighted by Gasteiger charge is -2.29. The first kappa shape index (κ1) is 18.0. The first-order chi connectivity index (χ1) is 14.8. The second-order valence-electron chi connectivity index (χ2n) is 8.04. The van der Waals surface area contributed by atoms with E-state index in [4.69, 9.17) is 23.7 Å². The van der Waals surface area contributed by atoms with Gasteiger partial charge in [-0.25, -0.2) is 0 Å². The molecule has 0 aromatic heterocycles. The molecule has 4 aliphatic rings. The second kappa shape index (κ2) is 6.89. The lowest BCUT2D eigenvalue weighted by Crippen LogP contribution is -2.47. The average molecular weight is 409 g/mol. The topological polar surface area (TPSA) is 66.5 Å². The van der Waals surface area contributed by atoms with Gasteiger partial charge >= 0.3 is 0 Å². The Morgan fingerprint density at radius 2 is 1.77 bits per heavy atom. The molecule has 30 heavy (non-hydrogen) atoms. The highest BCUT2D eigenvalue weighted by Crippen LogP contribution is 2.54. The highest BCUT2D eigenvalue weighted by molar-refractivity contribution is 6.11. The molecule has 1 spiro atoms. The van der Waals surface area contributed by atoms with Crippen molar-refractivity contribution < 1.29 is 28.5 Å². The van der Waals surface area contributed by atoms with Gasteiger partial charge in [-0.05, 0) is 17.7 Å². The van der Waals surface area contributed by atoms with Crippen LogP contribution in [-0.4, -0.2) is 58.2 Å². The third kappa shape index (κ3) is 2.55. The van der Waals surface area contributed by atoms with E-state index in [1.807, 2.05) is 41.3 Å². The number of carbonyl (C=O) groups excluding carboxylic acids is 1. The van der Waals surface area contributed by atoms with Crippen LogP contribution < -0.4 is 19.1 Å².